The number of carbonyl (C=O) groups is 1. The van der Waals surface area contributed by atoms with Crippen LogP contribution >= 0.6 is 0 Å². The maximum atomic E-state index is 11.6. The molecule has 0 saturated carbocycles. The zero-order valence-electron chi connectivity index (χ0n) is 9.16. The van der Waals surface area contributed by atoms with E-state index in [-0.39, 0.29) is 11.5 Å². The van der Waals surface area contributed by atoms with Gasteiger partial charge in [-0.1, -0.05) is 6.92 Å². The number of Topliss-reactive ketones (excluding diaryl/α,β-unsaturated/α-hetero) is 1. The van der Waals surface area contributed by atoms with Crippen LogP contribution in [0.25, 0.3) is 0 Å². The lowest BCUT2D eigenvalue weighted by molar-refractivity contribution is 0.0987. The van der Waals surface area contributed by atoms with E-state index in [4.69, 9.17) is 5.11 Å². The lowest BCUT2D eigenvalue weighted by Crippen LogP contribution is -2.30. The zero-order chi connectivity index (χ0) is 11.3. The molecular weight excluding hydrogens is 190 g/mol. The van der Waals surface area contributed by atoms with Crippen LogP contribution in [-0.4, -0.2) is 23.5 Å². The van der Waals surface area contributed by atoms with Gasteiger partial charge in [0.2, 0.25) is 0 Å². The summed E-state index contributed by atoms with van der Waals surface area (Å²) in [5.74, 6) is 0.233. The van der Waals surface area contributed by atoms with Crippen molar-refractivity contribution in [2.75, 3.05) is 6.54 Å². The van der Waals surface area contributed by atoms with Gasteiger partial charge < -0.3 is 10.4 Å². The Balaban J connectivity index is 2.50. The number of nitrogens with one attached hydrogen (secondary N) is 1. The Bertz CT molecular complexity index is 319. The van der Waals surface area contributed by atoms with Gasteiger partial charge in [0.15, 0.2) is 5.78 Å². The third-order valence-corrected chi connectivity index (χ3v) is 2.41. The van der Waals surface area contributed by atoms with Crippen molar-refractivity contribution in [3.05, 3.63) is 29.8 Å². The molecule has 0 fully saturated rings. The van der Waals surface area contributed by atoms with Crippen LogP contribution in [0.4, 0.5) is 0 Å². The number of phenols is 1. The maximum Gasteiger partial charge on any atom is 0.176 e. The van der Waals surface area contributed by atoms with Gasteiger partial charge in [0.1, 0.15) is 5.75 Å². The number of aromatic hydroxyl groups is 1. The summed E-state index contributed by atoms with van der Waals surface area (Å²) in [7, 11) is 0. The highest BCUT2D eigenvalue weighted by Gasteiger charge is 2.06. The summed E-state index contributed by atoms with van der Waals surface area (Å²) in [5.41, 5.74) is 0.628. The molecule has 0 saturated heterocycles. The van der Waals surface area contributed by atoms with Crippen molar-refractivity contribution in [1.82, 2.24) is 5.32 Å². The number of hydrogen-bond donors (Lipinski definition) is 2. The number of benzene rings is 1. The highest BCUT2D eigenvalue weighted by molar-refractivity contribution is 5.97. The maximum absolute atomic E-state index is 11.6. The Hall–Kier alpha value is -1.35. The first-order chi connectivity index (χ1) is 7.13. The number of carbonyl (C=O) groups excluding carboxylic acids is 1. The first-order valence-corrected chi connectivity index (χ1v) is 5.19. The molecule has 0 aliphatic carbocycles. The van der Waals surface area contributed by atoms with Crippen molar-refractivity contribution in [3.63, 3.8) is 0 Å². The standard InChI is InChI=1S/C12H17NO2/c1-3-9(2)13-8-12(15)10-4-6-11(14)7-5-10/h4-7,9,13-14H,3,8H2,1-2H3. The molecule has 1 unspecified atom stereocenters. The van der Waals surface area contributed by atoms with Crippen molar-refractivity contribution in [3.8, 4) is 5.75 Å². The Morgan fingerprint density at radius 3 is 2.53 bits per heavy atom. The predicted molar refractivity (Wildman–Crippen MR) is 60.2 cm³/mol. The molecule has 0 amide bonds. The van der Waals surface area contributed by atoms with Gasteiger partial charge >= 0.3 is 0 Å². The first kappa shape index (κ1) is 11.7. The summed E-state index contributed by atoms with van der Waals surface area (Å²) in [5, 5.41) is 12.2. The van der Waals surface area contributed by atoms with E-state index < -0.39 is 0 Å². The molecule has 1 atom stereocenters. The summed E-state index contributed by atoms with van der Waals surface area (Å²) in [4.78, 5) is 11.6. The zero-order valence-corrected chi connectivity index (χ0v) is 9.16. The number of ketones is 1. The minimum atomic E-state index is 0.0512. The van der Waals surface area contributed by atoms with Gasteiger partial charge in [-0.2, -0.15) is 0 Å². The molecule has 1 rings (SSSR count). The quantitative estimate of drug-likeness (QED) is 0.726. The van der Waals surface area contributed by atoms with E-state index >= 15 is 0 Å². The molecule has 0 spiro atoms. The summed E-state index contributed by atoms with van der Waals surface area (Å²) in [6.45, 7) is 4.46. The van der Waals surface area contributed by atoms with E-state index in [0.717, 1.165) is 6.42 Å². The second kappa shape index (κ2) is 5.51. The van der Waals surface area contributed by atoms with Crippen LogP contribution in [0.5, 0.6) is 5.75 Å². The average molecular weight is 207 g/mol. The Labute approximate surface area is 90.1 Å². The fraction of sp³-hybridized carbons (Fsp3) is 0.417. The van der Waals surface area contributed by atoms with Crippen LogP contribution < -0.4 is 5.32 Å². The number of rotatable bonds is 5. The summed E-state index contributed by atoms with van der Waals surface area (Å²) < 4.78 is 0. The number of hydrogen-bond acceptors (Lipinski definition) is 3. The normalized spacial score (nSPS) is 12.4. The second-order valence-electron chi connectivity index (χ2n) is 3.66. The van der Waals surface area contributed by atoms with Gasteiger partial charge in [0.05, 0.1) is 6.54 Å². The van der Waals surface area contributed by atoms with Gasteiger partial charge in [-0.25, -0.2) is 0 Å². The molecule has 0 bridgehead atoms. The molecule has 0 aromatic heterocycles. The summed E-state index contributed by atoms with van der Waals surface area (Å²) in [6.07, 6.45) is 1.00. The summed E-state index contributed by atoms with van der Waals surface area (Å²) in [6, 6.07) is 6.67. The van der Waals surface area contributed by atoms with Crippen LogP contribution in [0.1, 0.15) is 30.6 Å². The minimum absolute atomic E-state index is 0.0512. The molecule has 82 valence electrons. The third kappa shape index (κ3) is 3.72. The first-order valence-electron chi connectivity index (χ1n) is 5.19. The topological polar surface area (TPSA) is 49.3 Å². The van der Waals surface area contributed by atoms with E-state index in [0.29, 0.717) is 18.2 Å². The van der Waals surface area contributed by atoms with Gasteiger partial charge in [-0.15, -0.1) is 0 Å². The van der Waals surface area contributed by atoms with E-state index in [9.17, 15) is 4.79 Å². The third-order valence-electron chi connectivity index (χ3n) is 2.41. The summed E-state index contributed by atoms with van der Waals surface area (Å²) >= 11 is 0. The number of phenolic OH excluding ortho intramolecular Hbond substituents is 1. The van der Waals surface area contributed by atoms with Crippen molar-refractivity contribution in [1.29, 1.82) is 0 Å². The van der Waals surface area contributed by atoms with E-state index in [1.807, 2.05) is 6.92 Å². The molecule has 1 aromatic carbocycles. The second-order valence-corrected chi connectivity index (χ2v) is 3.66. The van der Waals surface area contributed by atoms with E-state index in [1.54, 1.807) is 12.1 Å². The molecular formula is C12H17NO2. The van der Waals surface area contributed by atoms with E-state index in [2.05, 4.69) is 12.2 Å². The molecule has 1 aromatic rings. The van der Waals surface area contributed by atoms with Gasteiger partial charge in [0, 0.05) is 11.6 Å². The molecule has 0 radical (unpaired) electrons. The molecule has 15 heavy (non-hydrogen) atoms. The average Bonchev–Trinajstić information content (AvgIpc) is 2.26. The monoisotopic (exact) mass is 207 g/mol. The lowest BCUT2D eigenvalue weighted by atomic mass is 10.1. The van der Waals surface area contributed by atoms with Gasteiger partial charge in [0.25, 0.3) is 0 Å². The Morgan fingerprint density at radius 1 is 1.40 bits per heavy atom. The van der Waals surface area contributed by atoms with Crippen LogP contribution in [0.3, 0.4) is 0 Å². The Kier molecular flexibility index (Phi) is 4.31. The molecule has 2 N–H and O–H groups in total. The fourth-order valence-corrected chi connectivity index (χ4v) is 1.16. The molecule has 3 nitrogen and oxygen atoms in total. The Morgan fingerprint density at radius 2 is 2.00 bits per heavy atom. The van der Waals surface area contributed by atoms with Crippen molar-refractivity contribution >= 4 is 5.78 Å². The molecule has 3 heteroatoms. The molecule has 0 aliphatic heterocycles. The highest BCUT2D eigenvalue weighted by atomic mass is 16.3. The fourth-order valence-electron chi connectivity index (χ4n) is 1.16. The SMILES string of the molecule is CCC(C)NCC(=O)c1ccc(O)cc1. The largest absolute Gasteiger partial charge is 0.508 e. The van der Waals surface area contributed by atoms with Crippen LogP contribution in [0.2, 0.25) is 0 Å². The van der Waals surface area contributed by atoms with Gasteiger partial charge in [-0.3, -0.25) is 4.79 Å². The molecule has 0 aliphatic rings. The lowest BCUT2D eigenvalue weighted by Gasteiger charge is -2.10. The van der Waals surface area contributed by atoms with Crippen LogP contribution in [0, 0.1) is 0 Å². The molecule has 0 heterocycles. The van der Waals surface area contributed by atoms with Crippen molar-refractivity contribution in [2.45, 2.75) is 26.3 Å². The minimum Gasteiger partial charge on any atom is -0.508 e. The van der Waals surface area contributed by atoms with Crippen LogP contribution in [0.15, 0.2) is 24.3 Å². The van der Waals surface area contributed by atoms with Crippen LogP contribution in [-0.2, 0) is 0 Å². The van der Waals surface area contributed by atoms with Crippen molar-refractivity contribution < 1.29 is 9.90 Å². The smallest absolute Gasteiger partial charge is 0.176 e. The predicted octanol–water partition coefficient (Wildman–Crippen LogP) is 1.96. The highest BCUT2D eigenvalue weighted by Crippen LogP contribution is 2.09. The van der Waals surface area contributed by atoms with E-state index in [1.165, 1.54) is 12.1 Å². The van der Waals surface area contributed by atoms with Gasteiger partial charge in [-0.05, 0) is 37.6 Å². The van der Waals surface area contributed by atoms with Crippen molar-refractivity contribution in [2.24, 2.45) is 0 Å².